The van der Waals surface area contributed by atoms with Gasteiger partial charge in [-0.3, -0.25) is 10.1 Å². The highest BCUT2D eigenvalue weighted by molar-refractivity contribution is 5.73. The van der Waals surface area contributed by atoms with Crippen molar-refractivity contribution in [2.45, 2.75) is 50.6 Å². The average Bonchev–Trinajstić information content (AvgIpc) is 2.96. The van der Waals surface area contributed by atoms with E-state index in [-0.39, 0.29) is 0 Å². The minimum absolute atomic E-state index is 0.304. The fourth-order valence-electron chi connectivity index (χ4n) is 1.96. The van der Waals surface area contributed by atoms with Gasteiger partial charge in [0.25, 0.3) is 0 Å². The van der Waals surface area contributed by atoms with Crippen molar-refractivity contribution in [3.63, 3.8) is 0 Å². The van der Waals surface area contributed by atoms with Gasteiger partial charge in [0.05, 0.1) is 6.61 Å². The first-order chi connectivity index (χ1) is 7.75. The van der Waals surface area contributed by atoms with Crippen LogP contribution >= 0.6 is 0 Å². The average molecular weight is 227 g/mol. The van der Waals surface area contributed by atoms with Crippen molar-refractivity contribution in [1.82, 2.24) is 5.32 Å². The summed E-state index contributed by atoms with van der Waals surface area (Å²) in [6.07, 6.45) is 7.30. The standard InChI is InChI=1S/C12H21NO3/c14-12(15)11(13-10-4-5-10)8-16-7-6-9-2-1-3-9/h9-11,13H,1-8H2,(H,14,15). The van der Waals surface area contributed by atoms with E-state index in [1.54, 1.807) is 0 Å². The molecule has 0 amide bonds. The maximum atomic E-state index is 10.9. The second kappa shape index (κ2) is 5.64. The van der Waals surface area contributed by atoms with E-state index in [0.717, 1.165) is 25.2 Å². The first-order valence-corrected chi connectivity index (χ1v) is 6.32. The van der Waals surface area contributed by atoms with E-state index in [2.05, 4.69) is 5.32 Å². The van der Waals surface area contributed by atoms with Crippen LogP contribution in [0.25, 0.3) is 0 Å². The molecule has 0 aromatic heterocycles. The Hall–Kier alpha value is -0.610. The van der Waals surface area contributed by atoms with Crippen LogP contribution < -0.4 is 5.32 Å². The third kappa shape index (κ3) is 3.76. The van der Waals surface area contributed by atoms with Gasteiger partial charge in [0, 0.05) is 12.6 Å². The van der Waals surface area contributed by atoms with Gasteiger partial charge in [0.15, 0.2) is 0 Å². The van der Waals surface area contributed by atoms with Crippen molar-refractivity contribution in [1.29, 1.82) is 0 Å². The Morgan fingerprint density at radius 1 is 1.38 bits per heavy atom. The highest BCUT2D eigenvalue weighted by Crippen LogP contribution is 2.29. The number of nitrogens with one attached hydrogen (secondary N) is 1. The molecule has 1 atom stereocenters. The maximum Gasteiger partial charge on any atom is 0.323 e. The van der Waals surface area contributed by atoms with Gasteiger partial charge in [-0.15, -0.1) is 0 Å². The summed E-state index contributed by atoms with van der Waals surface area (Å²) in [5, 5.41) is 12.1. The molecule has 2 N–H and O–H groups in total. The second-order valence-electron chi connectivity index (χ2n) is 4.99. The number of hydrogen-bond acceptors (Lipinski definition) is 3. The molecular weight excluding hydrogens is 206 g/mol. The summed E-state index contributed by atoms with van der Waals surface area (Å²) in [6, 6.07) is -0.106. The van der Waals surface area contributed by atoms with Gasteiger partial charge in [-0.25, -0.2) is 0 Å². The minimum atomic E-state index is -0.796. The van der Waals surface area contributed by atoms with Gasteiger partial charge in [0.1, 0.15) is 6.04 Å². The number of carboxylic acid groups (broad SMARTS) is 1. The Morgan fingerprint density at radius 2 is 2.12 bits per heavy atom. The van der Waals surface area contributed by atoms with Crippen molar-refractivity contribution in [3.05, 3.63) is 0 Å². The third-order valence-corrected chi connectivity index (χ3v) is 3.49. The Balaban J connectivity index is 1.55. The fourth-order valence-corrected chi connectivity index (χ4v) is 1.96. The van der Waals surface area contributed by atoms with Crippen molar-refractivity contribution < 1.29 is 14.6 Å². The second-order valence-corrected chi connectivity index (χ2v) is 4.99. The molecule has 0 spiro atoms. The van der Waals surface area contributed by atoms with Gasteiger partial charge < -0.3 is 9.84 Å². The summed E-state index contributed by atoms with van der Waals surface area (Å²) in [5.41, 5.74) is 0. The molecule has 2 aliphatic carbocycles. The van der Waals surface area contributed by atoms with Crippen LogP contribution in [0.2, 0.25) is 0 Å². The number of rotatable bonds is 8. The van der Waals surface area contributed by atoms with Gasteiger partial charge in [-0.2, -0.15) is 0 Å². The minimum Gasteiger partial charge on any atom is -0.480 e. The van der Waals surface area contributed by atoms with Gasteiger partial charge >= 0.3 is 5.97 Å². The fraction of sp³-hybridized carbons (Fsp3) is 0.917. The molecule has 4 nitrogen and oxygen atoms in total. The topological polar surface area (TPSA) is 58.6 Å². The van der Waals surface area contributed by atoms with Crippen LogP contribution in [0.15, 0.2) is 0 Å². The van der Waals surface area contributed by atoms with Crippen LogP contribution in [0.3, 0.4) is 0 Å². The van der Waals surface area contributed by atoms with Crippen LogP contribution in [0.4, 0.5) is 0 Å². The van der Waals surface area contributed by atoms with Gasteiger partial charge in [0.2, 0.25) is 0 Å². The first kappa shape index (κ1) is 11.9. The normalized spacial score (nSPS) is 22.8. The molecule has 0 saturated heterocycles. The zero-order valence-electron chi connectivity index (χ0n) is 9.65. The zero-order chi connectivity index (χ0) is 11.4. The Bertz CT molecular complexity index is 236. The van der Waals surface area contributed by atoms with Crippen molar-refractivity contribution in [2.75, 3.05) is 13.2 Å². The number of ether oxygens (including phenoxy) is 1. The van der Waals surface area contributed by atoms with E-state index >= 15 is 0 Å². The molecule has 92 valence electrons. The molecule has 1 unspecified atom stereocenters. The van der Waals surface area contributed by atoms with Gasteiger partial charge in [-0.05, 0) is 25.2 Å². The molecule has 2 rings (SSSR count). The molecule has 0 heterocycles. The summed E-state index contributed by atoms with van der Waals surface area (Å²) in [7, 11) is 0. The molecule has 2 aliphatic rings. The van der Waals surface area contributed by atoms with Crippen LogP contribution in [0.1, 0.15) is 38.5 Å². The number of carboxylic acids is 1. The molecule has 0 aromatic carbocycles. The lowest BCUT2D eigenvalue weighted by molar-refractivity contribution is -0.141. The molecule has 0 aromatic rings. The largest absolute Gasteiger partial charge is 0.480 e. The van der Waals surface area contributed by atoms with Crippen LogP contribution in [0, 0.1) is 5.92 Å². The SMILES string of the molecule is O=C(O)C(COCCC1CCC1)NC1CC1. The van der Waals surface area contributed by atoms with Crippen molar-refractivity contribution in [3.8, 4) is 0 Å². The summed E-state index contributed by atoms with van der Waals surface area (Å²) >= 11 is 0. The van der Waals surface area contributed by atoms with E-state index in [1.807, 2.05) is 0 Å². The Morgan fingerprint density at radius 3 is 2.62 bits per heavy atom. The first-order valence-electron chi connectivity index (χ1n) is 6.32. The Kier molecular flexibility index (Phi) is 4.18. The molecule has 16 heavy (non-hydrogen) atoms. The summed E-state index contributed by atoms with van der Waals surface area (Å²) < 4.78 is 5.45. The Labute approximate surface area is 96.4 Å². The molecule has 0 radical (unpaired) electrons. The smallest absolute Gasteiger partial charge is 0.323 e. The molecular formula is C12H21NO3. The molecule has 4 heteroatoms. The zero-order valence-corrected chi connectivity index (χ0v) is 9.65. The quantitative estimate of drug-likeness (QED) is 0.615. The third-order valence-electron chi connectivity index (χ3n) is 3.49. The predicted octanol–water partition coefficient (Wildman–Crippen LogP) is 1.40. The highest BCUT2D eigenvalue weighted by Gasteiger charge is 2.28. The van der Waals surface area contributed by atoms with E-state index in [0.29, 0.717) is 19.3 Å². The summed E-state index contributed by atoms with van der Waals surface area (Å²) in [6.45, 7) is 1.01. The lowest BCUT2D eigenvalue weighted by atomic mass is 9.83. The maximum absolute atomic E-state index is 10.9. The highest BCUT2D eigenvalue weighted by atomic mass is 16.5. The number of aliphatic carboxylic acids is 1. The molecule has 2 fully saturated rings. The number of hydrogen-bond donors (Lipinski definition) is 2. The van der Waals surface area contributed by atoms with Crippen LogP contribution in [-0.2, 0) is 9.53 Å². The van der Waals surface area contributed by atoms with Crippen molar-refractivity contribution in [2.24, 2.45) is 5.92 Å². The van der Waals surface area contributed by atoms with E-state index < -0.39 is 12.0 Å². The van der Waals surface area contributed by atoms with E-state index in [9.17, 15) is 4.79 Å². The summed E-state index contributed by atoms with van der Waals surface area (Å²) in [5.74, 6) is 0.0372. The predicted molar refractivity (Wildman–Crippen MR) is 60.4 cm³/mol. The lowest BCUT2D eigenvalue weighted by Crippen LogP contribution is -2.41. The number of carbonyl (C=O) groups is 1. The summed E-state index contributed by atoms with van der Waals surface area (Å²) in [4.78, 5) is 10.9. The lowest BCUT2D eigenvalue weighted by Gasteiger charge is -2.25. The van der Waals surface area contributed by atoms with Crippen LogP contribution in [0.5, 0.6) is 0 Å². The van der Waals surface area contributed by atoms with E-state index in [4.69, 9.17) is 9.84 Å². The van der Waals surface area contributed by atoms with Crippen LogP contribution in [-0.4, -0.2) is 36.4 Å². The van der Waals surface area contributed by atoms with Crippen molar-refractivity contribution >= 4 is 5.97 Å². The van der Waals surface area contributed by atoms with Gasteiger partial charge in [-0.1, -0.05) is 19.3 Å². The molecule has 0 bridgehead atoms. The molecule has 2 saturated carbocycles. The van der Waals surface area contributed by atoms with E-state index in [1.165, 1.54) is 19.3 Å². The monoisotopic (exact) mass is 227 g/mol. The molecule has 0 aliphatic heterocycles.